The fraction of sp³-hybridized carbons (Fsp3) is 0.333. The first kappa shape index (κ1) is 13.2. The van der Waals surface area contributed by atoms with Crippen LogP contribution in [0.4, 0.5) is 22.0 Å². The normalized spacial score (nSPS) is 14.2. The maximum atomic E-state index is 12.4. The molecular formula is C9H7ClF5N. The zero-order chi connectivity index (χ0) is 12.5. The molecule has 0 saturated heterocycles. The van der Waals surface area contributed by atoms with Crippen LogP contribution in [0.5, 0.6) is 0 Å². The van der Waals surface area contributed by atoms with E-state index in [9.17, 15) is 22.0 Å². The minimum atomic E-state index is -4.69. The molecule has 0 amide bonds. The lowest BCUT2D eigenvalue weighted by molar-refractivity contribution is -0.137. The van der Waals surface area contributed by atoms with Gasteiger partial charge in [0.15, 0.2) is 0 Å². The van der Waals surface area contributed by atoms with Crippen LogP contribution in [-0.4, -0.2) is 6.43 Å². The van der Waals surface area contributed by atoms with Gasteiger partial charge in [-0.25, -0.2) is 8.78 Å². The van der Waals surface area contributed by atoms with E-state index < -0.39 is 29.2 Å². The molecule has 1 rings (SSSR count). The highest BCUT2D eigenvalue weighted by molar-refractivity contribution is 6.31. The maximum Gasteiger partial charge on any atom is 0.417 e. The first-order valence-corrected chi connectivity index (χ1v) is 4.51. The molecule has 0 saturated carbocycles. The van der Waals surface area contributed by atoms with Crippen LogP contribution in [-0.2, 0) is 6.18 Å². The molecular weight excluding hydrogens is 253 g/mol. The highest BCUT2D eigenvalue weighted by Crippen LogP contribution is 2.36. The van der Waals surface area contributed by atoms with Crippen molar-refractivity contribution in [1.29, 1.82) is 0 Å². The fourth-order valence-corrected chi connectivity index (χ4v) is 1.34. The quantitative estimate of drug-likeness (QED) is 0.807. The van der Waals surface area contributed by atoms with E-state index in [-0.39, 0.29) is 5.56 Å². The molecule has 0 aromatic heterocycles. The molecule has 0 aliphatic heterocycles. The summed E-state index contributed by atoms with van der Waals surface area (Å²) in [5.41, 5.74) is 3.58. The van der Waals surface area contributed by atoms with Gasteiger partial charge in [0.2, 0.25) is 0 Å². The molecule has 0 radical (unpaired) electrons. The van der Waals surface area contributed by atoms with E-state index in [0.717, 1.165) is 12.1 Å². The third-order valence-corrected chi connectivity index (χ3v) is 2.28. The minimum Gasteiger partial charge on any atom is -0.319 e. The van der Waals surface area contributed by atoms with Gasteiger partial charge < -0.3 is 5.73 Å². The van der Waals surface area contributed by atoms with Gasteiger partial charge in [-0.05, 0) is 17.7 Å². The highest BCUT2D eigenvalue weighted by Gasteiger charge is 2.34. The van der Waals surface area contributed by atoms with Crippen LogP contribution in [0.1, 0.15) is 17.2 Å². The van der Waals surface area contributed by atoms with Gasteiger partial charge in [0.1, 0.15) is 0 Å². The van der Waals surface area contributed by atoms with E-state index >= 15 is 0 Å². The molecule has 0 spiro atoms. The van der Waals surface area contributed by atoms with Crippen molar-refractivity contribution in [1.82, 2.24) is 0 Å². The van der Waals surface area contributed by atoms with Crippen molar-refractivity contribution in [2.75, 3.05) is 0 Å². The Morgan fingerprint density at radius 3 is 2.19 bits per heavy atom. The van der Waals surface area contributed by atoms with Gasteiger partial charge in [-0.1, -0.05) is 17.7 Å². The Bertz CT molecular complexity index is 377. The first-order chi connectivity index (χ1) is 7.23. The van der Waals surface area contributed by atoms with Crippen LogP contribution in [0, 0.1) is 0 Å². The van der Waals surface area contributed by atoms with Gasteiger partial charge >= 0.3 is 6.18 Å². The second-order valence-corrected chi connectivity index (χ2v) is 3.50. The Labute approximate surface area is 93.0 Å². The zero-order valence-corrected chi connectivity index (χ0v) is 8.49. The van der Waals surface area contributed by atoms with Gasteiger partial charge in [0.25, 0.3) is 6.43 Å². The average Bonchev–Trinajstić information content (AvgIpc) is 2.15. The van der Waals surface area contributed by atoms with Gasteiger partial charge in [0, 0.05) is 0 Å². The summed E-state index contributed by atoms with van der Waals surface area (Å²) in [6, 6.07) is 0.744. The molecule has 16 heavy (non-hydrogen) atoms. The summed E-state index contributed by atoms with van der Waals surface area (Å²) < 4.78 is 61.5. The van der Waals surface area contributed by atoms with Crippen molar-refractivity contribution in [2.24, 2.45) is 5.73 Å². The van der Waals surface area contributed by atoms with Gasteiger partial charge in [-0.15, -0.1) is 0 Å². The lowest BCUT2D eigenvalue weighted by atomic mass is 10.0. The van der Waals surface area contributed by atoms with E-state index in [4.69, 9.17) is 17.3 Å². The largest absolute Gasteiger partial charge is 0.417 e. The Hall–Kier alpha value is -0.880. The van der Waals surface area contributed by atoms with E-state index in [0.29, 0.717) is 6.07 Å². The van der Waals surface area contributed by atoms with E-state index in [2.05, 4.69) is 0 Å². The standard InChI is InChI=1S/C9H7ClF5N/c10-6-2-1-4(7(16)8(11)12)3-5(6)9(13,14)15/h1-3,7-8H,16H2. The summed E-state index contributed by atoms with van der Waals surface area (Å²) in [5, 5.41) is -0.544. The third kappa shape index (κ3) is 2.82. The topological polar surface area (TPSA) is 26.0 Å². The summed E-state index contributed by atoms with van der Waals surface area (Å²) in [4.78, 5) is 0. The monoisotopic (exact) mass is 259 g/mol. The fourth-order valence-electron chi connectivity index (χ4n) is 1.11. The molecule has 1 aromatic carbocycles. The molecule has 1 nitrogen and oxygen atoms in total. The predicted molar refractivity (Wildman–Crippen MR) is 49.4 cm³/mol. The number of nitrogens with two attached hydrogens (primary N) is 1. The van der Waals surface area contributed by atoms with Gasteiger partial charge in [-0.3, -0.25) is 0 Å². The molecule has 7 heteroatoms. The van der Waals surface area contributed by atoms with Crippen LogP contribution >= 0.6 is 11.6 Å². The third-order valence-electron chi connectivity index (χ3n) is 1.95. The highest BCUT2D eigenvalue weighted by atomic mass is 35.5. The van der Waals surface area contributed by atoms with Crippen LogP contribution in [0.2, 0.25) is 5.02 Å². The molecule has 0 fully saturated rings. The second kappa shape index (κ2) is 4.55. The number of benzene rings is 1. The van der Waals surface area contributed by atoms with Crippen molar-refractivity contribution in [3.05, 3.63) is 34.3 Å². The molecule has 0 heterocycles. The Morgan fingerprint density at radius 2 is 1.75 bits per heavy atom. The second-order valence-electron chi connectivity index (χ2n) is 3.10. The lowest BCUT2D eigenvalue weighted by Crippen LogP contribution is -2.19. The van der Waals surface area contributed by atoms with E-state index in [1.165, 1.54) is 0 Å². The maximum absolute atomic E-state index is 12.4. The summed E-state index contributed by atoms with van der Waals surface area (Å²) >= 11 is 5.32. The lowest BCUT2D eigenvalue weighted by Gasteiger charge is -2.14. The van der Waals surface area contributed by atoms with Crippen LogP contribution < -0.4 is 5.73 Å². The number of halogens is 6. The Morgan fingerprint density at radius 1 is 1.19 bits per heavy atom. The van der Waals surface area contributed by atoms with Crippen LogP contribution in [0.3, 0.4) is 0 Å². The molecule has 90 valence electrons. The molecule has 0 aliphatic carbocycles. The van der Waals surface area contributed by atoms with Gasteiger partial charge in [0.05, 0.1) is 16.6 Å². The Kier molecular flexibility index (Phi) is 3.75. The summed E-state index contributed by atoms with van der Waals surface area (Å²) in [6.07, 6.45) is -7.61. The molecule has 1 atom stereocenters. The predicted octanol–water partition coefficient (Wildman–Crippen LogP) is 3.62. The number of alkyl halides is 5. The smallest absolute Gasteiger partial charge is 0.319 e. The molecule has 0 bridgehead atoms. The first-order valence-electron chi connectivity index (χ1n) is 4.14. The summed E-state index contributed by atoms with van der Waals surface area (Å²) in [7, 11) is 0. The molecule has 2 N–H and O–H groups in total. The number of hydrogen-bond acceptors (Lipinski definition) is 1. The number of rotatable bonds is 2. The molecule has 0 aliphatic rings. The van der Waals surface area contributed by atoms with Gasteiger partial charge in [-0.2, -0.15) is 13.2 Å². The zero-order valence-electron chi connectivity index (χ0n) is 7.73. The molecule has 1 unspecified atom stereocenters. The van der Waals surface area contributed by atoms with Crippen LogP contribution in [0.15, 0.2) is 18.2 Å². The average molecular weight is 260 g/mol. The summed E-state index contributed by atoms with van der Waals surface area (Å²) in [5.74, 6) is 0. The van der Waals surface area contributed by atoms with Crippen molar-refractivity contribution in [3.8, 4) is 0 Å². The van der Waals surface area contributed by atoms with Crippen molar-refractivity contribution in [2.45, 2.75) is 18.6 Å². The van der Waals surface area contributed by atoms with E-state index in [1.807, 2.05) is 0 Å². The molecule has 1 aromatic rings. The number of hydrogen-bond donors (Lipinski definition) is 1. The summed E-state index contributed by atoms with van der Waals surface area (Å²) in [6.45, 7) is 0. The SMILES string of the molecule is NC(c1ccc(Cl)c(C(F)(F)F)c1)C(F)F. The van der Waals surface area contributed by atoms with Crippen LogP contribution in [0.25, 0.3) is 0 Å². The van der Waals surface area contributed by atoms with Crippen molar-refractivity contribution < 1.29 is 22.0 Å². The van der Waals surface area contributed by atoms with E-state index in [1.54, 1.807) is 0 Å². The Balaban J connectivity index is 3.18. The van der Waals surface area contributed by atoms with Crippen molar-refractivity contribution >= 4 is 11.6 Å². The minimum absolute atomic E-state index is 0.299. The van der Waals surface area contributed by atoms with Crippen molar-refractivity contribution in [3.63, 3.8) is 0 Å².